The lowest BCUT2D eigenvalue weighted by molar-refractivity contribution is 1.18. The zero-order valence-electron chi connectivity index (χ0n) is 6.96. The van der Waals surface area contributed by atoms with E-state index in [0.717, 1.165) is 14.6 Å². The fourth-order valence-corrected chi connectivity index (χ4v) is 3.24. The van der Waals surface area contributed by atoms with Gasteiger partial charge in [0.15, 0.2) is 5.65 Å². The molecule has 2 heterocycles. The van der Waals surface area contributed by atoms with E-state index in [-0.39, 0.29) is 5.28 Å². The normalized spacial score (nSPS) is 11.1. The molecule has 0 fully saturated rings. The van der Waals surface area contributed by atoms with Crippen molar-refractivity contribution >= 4 is 68.8 Å². The molecular formula is C7H4Cl2IN3S. The van der Waals surface area contributed by atoms with Crippen molar-refractivity contribution in [2.45, 2.75) is 0 Å². The summed E-state index contributed by atoms with van der Waals surface area (Å²) >= 11 is 15.4. The van der Waals surface area contributed by atoms with Crippen molar-refractivity contribution in [3.8, 4) is 0 Å². The molecule has 2 aromatic heterocycles. The quantitative estimate of drug-likeness (QED) is 0.443. The van der Waals surface area contributed by atoms with Crippen LogP contribution in [0.25, 0.3) is 11.0 Å². The number of aromatic nitrogens is 3. The molecule has 0 bridgehead atoms. The van der Waals surface area contributed by atoms with Gasteiger partial charge in [-0.05, 0) is 46.1 Å². The first kappa shape index (κ1) is 10.8. The molecule has 74 valence electrons. The van der Waals surface area contributed by atoms with Gasteiger partial charge in [0.25, 0.3) is 0 Å². The molecule has 0 saturated heterocycles. The van der Waals surface area contributed by atoms with E-state index in [1.165, 1.54) is 0 Å². The number of nitrogens with zero attached hydrogens (tertiary/aromatic N) is 3. The molecule has 3 nitrogen and oxygen atoms in total. The average Bonchev–Trinajstić information content (AvgIpc) is 2.42. The Hall–Kier alpha value is 0.280. The average molecular weight is 360 g/mol. The van der Waals surface area contributed by atoms with Crippen molar-refractivity contribution in [1.82, 2.24) is 13.9 Å². The summed E-state index contributed by atoms with van der Waals surface area (Å²) in [6.07, 6.45) is 3.91. The number of halogens is 3. The largest absolute Gasteiger partial charge is 0.274 e. The molecule has 2 rings (SSSR count). The van der Waals surface area contributed by atoms with E-state index in [1.54, 1.807) is 11.9 Å². The summed E-state index contributed by atoms with van der Waals surface area (Å²) in [5.41, 5.74) is 0.756. The van der Waals surface area contributed by atoms with Gasteiger partial charge < -0.3 is 0 Å². The third-order valence-corrected chi connectivity index (χ3v) is 3.63. The summed E-state index contributed by atoms with van der Waals surface area (Å²) in [6.45, 7) is 0. The van der Waals surface area contributed by atoms with Crippen molar-refractivity contribution in [2.75, 3.05) is 6.26 Å². The standard InChI is InChI=1S/C7H4Cl2IN3S/c1-14-13-2-3(10)4-5(8)11-7(9)12-6(4)13/h2H,1H3. The van der Waals surface area contributed by atoms with E-state index >= 15 is 0 Å². The van der Waals surface area contributed by atoms with Crippen LogP contribution in [0.5, 0.6) is 0 Å². The molecule has 0 unspecified atom stereocenters. The van der Waals surface area contributed by atoms with Gasteiger partial charge in [-0.3, -0.25) is 3.97 Å². The first-order chi connectivity index (χ1) is 6.63. The molecule has 7 heteroatoms. The lowest BCUT2D eigenvalue weighted by atomic mass is 10.4. The van der Waals surface area contributed by atoms with Crippen LogP contribution in [0.2, 0.25) is 10.4 Å². The van der Waals surface area contributed by atoms with Crippen LogP contribution in [-0.2, 0) is 0 Å². The maximum absolute atomic E-state index is 5.97. The molecule has 14 heavy (non-hydrogen) atoms. The molecule has 0 aliphatic rings. The van der Waals surface area contributed by atoms with Crippen molar-refractivity contribution in [2.24, 2.45) is 0 Å². The Bertz CT molecular complexity index is 499. The number of fused-ring (bicyclic) bond motifs is 1. The van der Waals surface area contributed by atoms with Gasteiger partial charge in [0.1, 0.15) is 5.15 Å². The number of rotatable bonds is 1. The zero-order valence-corrected chi connectivity index (χ0v) is 11.4. The highest BCUT2D eigenvalue weighted by Gasteiger charge is 2.13. The van der Waals surface area contributed by atoms with E-state index in [9.17, 15) is 0 Å². The van der Waals surface area contributed by atoms with Crippen LogP contribution in [0.1, 0.15) is 0 Å². The molecule has 0 amide bonds. The minimum absolute atomic E-state index is 0.173. The second kappa shape index (κ2) is 4.03. The highest BCUT2D eigenvalue weighted by Crippen LogP contribution is 2.30. The second-order valence-corrected chi connectivity index (χ2v) is 5.08. The predicted octanol–water partition coefficient (Wildman–Crippen LogP) is 3.47. The van der Waals surface area contributed by atoms with E-state index in [2.05, 4.69) is 32.6 Å². The lowest BCUT2D eigenvalue weighted by Gasteiger charge is -1.98. The van der Waals surface area contributed by atoms with Crippen molar-refractivity contribution in [3.05, 3.63) is 20.2 Å². The molecule has 0 aromatic carbocycles. The minimum atomic E-state index is 0.173. The summed E-state index contributed by atoms with van der Waals surface area (Å²) in [7, 11) is 0. The van der Waals surface area contributed by atoms with Crippen molar-refractivity contribution < 1.29 is 0 Å². The Morgan fingerprint density at radius 2 is 2.14 bits per heavy atom. The molecular weight excluding hydrogens is 356 g/mol. The van der Waals surface area contributed by atoms with E-state index < -0.39 is 0 Å². The van der Waals surface area contributed by atoms with Gasteiger partial charge >= 0.3 is 0 Å². The van der Waals surface area contributed by atoms with E-state index in [4.69, 9.17) is 23.2 Å². The Kier molecular flexibility index (Phi) is 3.11. The summed E-state index contributed by atoms with van der Waals surface area (Å²) in [6, 6.07) is 0. The predicted molar refractivity (Wildman–Crippen MR) is 69.2 cm³/mol. The SMILES string of the molecule is CSn1cc(I)c2c(Cl)nc(Cl)nc21. The van der Waals surface area contributed by atoms with Crippen LogP contribution < -0.4 is 0 Å². The van der Waals surface area contributed by atoms with Crippen molar-refractivity contribution in [3.63, 3.8) is 0 Å². The maximum Gasteiger partial charge on any atom is 0.225 e. The van der Waals surface area contributed by atoms with Gasteiger partial charge in [0, 0.05) is 16.0 Å². The summed E-state index contributed by atoms with van der Waals surface area (Å²) in [5.74, 6) is 0. The van der Waals surface area contributed by atoms with Crippen LogP contribution in [0.3, 0.4) is 0 Å². The number of hydrogen-bond acceptors (Lipinski definition) is 3. The smallest absolute Gasteiger partial charge is 0.225 e. The van der Waals surface area contributed by atoms with Gasteiger partial charge in [-0.15, -0.1) is 0 Å². The first-order valence-electron chi connectivity index (χ1n) is 3.57. The molecule has 0 radical (unpaired) electrons. The van der Waals surface area contributed by atoms with Crippen LogP contribution in [0.15, 0.2) is 6.20 Å². The maximum atomic E-state index is 5.97. The van der Waals surface area contributed by atoms with Gasteiger partial charge in [-0.1, -0.05) is 11.6 Å². The van der Waals surface area contributed by atoms with Gasteiger partial charge in [-0.25, -0.2) is 4.98 Å². The fourth-order valence-electron chi connectivity index (χ4n) is 1.13. The molecule has 0 N–H and O–H groups in total. The second-order valence-electron chi connectivity index (χ2n) is 2.47. The van der Waals surface area contributed by atoms with E-state index in [0.29, 0.717) is 5.15 Å². The van der Waals surface area contributed by atoms with Crippen LogP contribution >= 0.6 is 57.7 Å². The summed E-state index contributed by atoms with van der Waals surface area (Å²) in [4.78, 5) is 8.04. The molecule has 0 spiro atoms. The van der Waals surface area contributed by atoms with Crippen LogP contribution in [0, 0.1) is 3.57 Å². The molecule has 0 aliphatic heterocycles. The Labute approximate surface area is 108 Å². The Morgan fingerprint density at radius 1 is 1.43 bits per heavy atom. The first-order valence-corrected chi connectivity index (χ1v) is 6.59. The van der Waals surface area contributed by atoms with Gasteiger partial charge in [0.05, 0.1) is 5.39 Å². The lowest BCUT2D eigenvalue weighted by Crippen LogP contribution is -1.89. The number of hydrogen-bond donors (Lipinski definition) is 0. The van der Waals surface area contributed by atoms with Crippen LogP contribution in [0.4, 0.5) is 0 Å². The molecule has 0 aliphatic carbocycles. The summed E-state index contributed by atoms with van der Waals surface area (Å²) < 4.78 is 2.94. The van der Waals surface area contributed by atoms with Crippen molar-refractivity contribution in [1.29, 1.82) is 0 Å². The molecule has 0 saturated carbocycles. The monoisotopic (exact) mass is 359 g/mol. The third-order valence-electron chi connectivity index (χ3n) is 1.69. The zero-order chi connectivity index (χ0) is 10.3. The summed E-state index contributed by atoms with van der Waals surface area (Å²) in [5, 5.41) is 1.43. The third kappa shape index (κ3) is 1.70. The van der Waals surface area contributed by atoms with E-state index in [1.807, 2.05) is 16.4 Å². The van der Waals surface area contributed by atoms with Crippen LogP contribution in [-0.4, -0.2) is 20.2 Å². The highest BCUT2D eigenvalue weighted by molar-refractivity contribution is 14.1. The Morgan fingerprint density at radius 3 is 2.79 bits per heavy atom. The van der Waals surface area contributed by atoms with Gasteiger partial charge in [-0.2, -0.15) is 4.98 Å². The van der Waals surface area contributed by atoms with Gasteiger partial charge in [0.2, 0.25) is 5.28 Å². The molecule has 0 atom stereocenters. The molecule has 2 aromatic rings. The fraction of sp³-hybridized carbons (Fsp3) is 0.143. The minimum Gasteiger partial charge on any atom is -0.274 e. The Balaban J connectivity index is 2.89. The topological polar surface area (TPSA) is 30.7 Å². The highest BCUT2D eigenvalue weighted by atomic mass is 127.